The van der Waals surface area contributed by atoms with Crippen molar-refractivity contribution >= 4 is 15.9 Å². The molecular formula is C11H17N3O3S. The van der Waals surface area contributed by atoms with E-state index in [9.17, 15) is 8.42 Å². The molecule has 1 saturated heterocycles. The molecule has 18 heavy (non-hydrogen) atoms. The number of hydrogen-bond donors (Lipinski definition) is 2. The molecule has 1 fully saturated rings. The van der Waals surface area contributed by atoms with Crippen LogP contribution in [0, 0.1) is 0 Å². The summed E-state index contributed by atoms with van der Waals surface area (Å²) in [7, 11) is -1.93. The zero-order valence-corrected chi connectivity index (χ0v) is 11.0. The number of ether oxygens (including phenoxy) is 1. The second-order valence-electron chi connectivity index (χ2n) is 3.99. The molecular weight excluding hydrogens is 254 g/mol. The third-order valence-electron chi connectivity index (χ3n) is 2.73. The quantitative estimate of drug-likeness (QED) is 0.824. The monoisotopic (exact) mass is 271 g/mol. The standard InChI is InChI=1S/C11H17N3O3S/c1-17-11-4-2-3-10(9-11)13-18(15,16)14-7-5-12-6-8-14/h2-4,9,12-13H,5-8H2,1H3. The van der Waals surface area contributed by atoms with Gasteiger partial charge in [0.05, 0.1) is 12.8 Å². The van der Waals surface area contributed by atoms with Gasteiger partial charge in [-0.05, 0) is 12.1 Å². The first-order chi connectivity index (χ1) is 8.62. The van der Waals surface area contributed by atoms with Gasteiger partial charge in [0.1, 0.15) is 5.75 Å². The highest BCUT2D eigenvalue weighted by Crippen LogP contribution is 2.18. The predicted molar refractivity (Wildman–Crippen MR) is 70.0 cm³/mol. The maximum absolute atomic E-state index is 12.1. The van der Waals surface area contributed by atoms with E-state index < -0.39 is 10.2 Å². The predicted octanol–water partition coefficient (Wildman–Crippen LogP) is 0.257. The van der Waals surface area contributed by atoms with E-state index in [0.717, 1.165) is 0 Å². The first kappa shape index (κ1) is 13.1. The Hall–Kier alpha value is -1.31. The molecule has 0 atom stereocenters. The Labute approximate surface area is 107 Å². The van der Waals surface area contributed by atoms with Crippen LogP contribution >= 0.6 is 0 Å². The van der Waals surface area contributed by atoms with Crippen molar-refractivity contribution < 1.29 is 13.2 Å². The van der Waals surface area contributed by atoms with Crippen LogP contribution in [0.5, 0.6) is 5.75 Å². The molecule has 1 aromatic carbocycles. The smallest absolute Gasteiger partial charge is 0.301 e. The largest absolute Gasteiger partial charge is 0.497 e. The zero-order chi connectivity index (χ0) is 13.0. The number of rotatable bonds is 4. The molecule has 100 valence electrons. The van der Waals surface area contributed by atoms with Crippen LogP contribution in [-0.2, 0) is 10.2 Å². The molecule has 0 aliphatic carbocycles. The molecule has 7 heteroatoms. The van der Waals surface area contributed by atoms with Crippen molar-refractivity contribution in [1.82, 2.24) is 9.62 Å². The fourth-order valence-corrected chi connectivity index (χ4v) is 3.00. The SMILES string of the molecule is COc1cccc(NS(=O)(=O)N2CCNCC2)c1. The van der Waals surface area contributed by atoms with E-state index in [1.807, 2.05) is 0 Å². The summed E-state index contributed by atoms with van der Waals surface area (Å²) in [5.41, 5.74) is 0.507. The Morgan fingerprint density at radius 1 is 1.33 bits per heavy atom. The van der Waals surface area contributed by atoms with E-state index in [2.05, 4.69) is 10.0 Å². The molecule has 1 aromatic rings. The summed E-state index contributed by atoms with van der Waals surface area (Å²) in [6.45, 7) is 2.33. The summed E-state index contributed by atoms with van der Waals surface area (Å²) in [5, 5.41) is 3.12. The molecule has 0 saturated carbocycles. The van der Waals surface area contributed by atoms with Gasteiger partial charge in [0.2, 0.25) is 0 Å². The number of hydrogen-bond acceptors (Lipinski definition) is 4. The second-order valence-corrected chi connectivity index (χ2v) is 5.66. The highest BCUT2D eigenvalue weighted by molar-refractivity contribution is 7.90. The molecule has 0 aromatic heterocycles. The van der Waals surface area contributed by atoms with Crippen molar-refractivity contribution in [2.45, 2.75) is 0 Å². The van der Waals surface area contributed by atoms with Crippen LogP contribution in [-0.4, -0.2) is 46.0 Å². The number of nitrogens with zero attached hydrogens (tertiary/aromatic N) is 1. The molecule has 1 heterocycles. The molecule has 0 amide bonds. The van der Waals surface area contributed by atoms with Crippen molar-refractivity contribution in [2.75, 3.05) is 38.0 Å². The van der Waals surface area contributed by atoms with Crippen molar-refractivity contribution in [1.29, 1.82) is 0 Å². The van der Waals surface area contributed by atoms with Crippen LogP contribution in [0.2, 0.25) is 0 Å². The average molecular weight is 271 g/mol. The molecule has 0 spiro atoms. The highest BCUT2D eigenvalue weighted by atomic mass is 32.2. The Bertz CT molecular complexity index is 498. The van der Waals surface area contributed by atoms with E-state index in [1.54, 1.807) is 31.4 Å². The zero-order valence-electron chi connectivity index (χ0n) is 10.2. The van der Waals surface area contributed by atoms with Crippen molar-refractivity contribution in [2.24, 2.45) is 0 Å². The Morgan fingerprint density at radius 3 is 2.72 bits per heavy atom. The molecule has 1 aliphatic heterocycles. The van der Waals surface area contributed by atoms with Gasteiger partial charge >= 0.3 is 10.2 Å². The lowest BCUT2D eigenvalue weighted by Crippen LogP contribution is -2.48. The summed E-state index contributed by atoms with van der Waals surface area (Å²) < 4.78 is 33.2. The fraction of sp³-hybridized carbons (Fsp3) is 0.455. The Kier molecular flexibility index (Phi) is 4.05. The van der Waals surface area contributed by atoms with Crippen LogP contribution in [0.3, 0.4) is 0 Å². The molecule has 0 radical (unpaired) electrons. The first-order valence-corrected chi connectivity index (χ1v) is 7.18. The van der Waals surface area contributed by atoms with Gasteiger partial charge < -0.3 is 10.1 Å². The first-order valence-electron chi connectivity index (χ1n) is 5.74. The highest BCUT2D eigenvalue weighted by Gasteiger charge is 2.23. The number of piperazine rings is 1. The lowest BCUT2D eigenvalue weighted by atomic mass is 10.3. The third kappa shape index (κ3) is 3.12. The van der Waals surface area contributed by atoms with Crippen LogP contribution in [0.1, 0.15) is 0 Å². The Morgan fingerprint density at radius 2 is 2.06 bits per heavy atom. The lowest BCUT2D eigenvalue weighted by Gasteiger charge is -2.26. The van der Waals surface area contributed by atoms with Crippen molar-refractivity contribution in [3.05, 3.63) is 24.3 Å². The minimum Gasteiger partial charge on any atom is -0.497 e. The van der Waals surface area contributed by atoms with E-state index in [-0.39, 0.29) is 0 Å². The van der Waals surface area contributed by atoms with Gasteiger partial charge in [-0.25, -0.2) is 0 Å². The summed E-state index contributed by atoms with van der Waals surface area (Å²) >= 11 is 0. The summed E-state index contributed by atoms with van der Waals surface area (Å²) in [6, 6.07) is 6.86. The molecule has 0 unspecified atom stereocenters. The number of anilines is 1. The maximum Gasteiger partial charge on any atom is 0.301 e. The Balaban J connectivity index is 2.11. The molecule has 2 N–H and O–H groups in total. The van der Waals surface area contributed by atoms with Crippen LogP contribution in [0.4, 0.5) is 5.69 Å². The van der Waals surface area contributed by atoms with Gasteiger partial charge in [0.25, 0.3) is 0 Å². The summed E-state index contributed by atoms with van der Waals surface area (Å²) in [4.78, 5) is 0. The van der Waals surface area contributed by atoms with E-state index in [1.165, 1.54) is 4.31 Å². The van der Waals surface area contributed by atoms with Gasteiger partial charge in [0.15, 0.2) is 0 Å². The maximum atomic E-state index is 12.1. The summed E-state index contributed by atoms with van der Waals surface area (Å²) in [5.74, 6) is 0.621. The molecule has 6 nitrogen and oxygen atoms in total. The number of methoxy groups -OCH3 is 1. The van der Waals surface area contributed by atoms with E-state index in [4.69, 9.17) is 4.74 Å². The van der Waals surface area contributed by atoms with Gasteiger partial charge in [-0.1, -0.05) is 6.07 Å². The molecule has 2 rings (SSSR count). The fourth-order valence-electron chi connectivity index (χ4n) is 1.78. The average Bonchev–Trinajstić information content (AvgIpc) is 2.39. The van der Waals surface area contributed by atoms with Gasteiger partial charge in [-0.2, -0.15) is 12.7 Å². The minimum absolute atomic E-state index is 0.485. The van der Waals surface area contributed by atoms with Crippen molar-refractivity contribution in [3.63, 3.8) is 0 Å². The van der Waals surface area contributed by atoms with Gasteiger partial charge in [-0.15, -0.1) is 0 Å². The van der Waals surface area contributed by atoms with Crippen molar-refractivity contribution in [3.8, 4) is 5.75 Å². The molecule has 0 bridgehead atoms. The van der Waals surface area contributed by atoms with Crippen LogP contribution in [0.25, 0.3) is 0 Å². The second kappa shape index (κ2) is 5.55. The minimum atomic E-state index is -3.47. The molecule has 1 aliphatic rings. The third-order valence-corrected chi connectivity index (χ3v) is 4.27. The topological polar surface area (TPSA) is 70.7 Å². The van der Waals surface area contributed by atoms with E-state index in [0.29, 0.717) is 37.6 Å². The van der Waals surface area contributed by atoms with Crippen LogP contribution in [0.15, 0.2) is 24.3 Å². The number of benzene rings is 1. The number of nitrogens with one attached hydrogen (secondary N) is 2. The van der Waals surface area contributed by atoms with E-state index >= 15 is 0 Å². The van der Waals surface area contributed by atoms with Gasteiger partial charge in [-0.3, -0.25) is 4.72 Å². The lowest BCUT2D eigenvalue weighted by molar-refractivity contribution is 0.362. The van der Waals surface area contributed by atoms with Gasteiger partial charge in [0, 0.05) is 32.2 Å². The van der Waals surface area contributed by atoms with Crippen LogP contribution < -0.4 is 14.8 Å². The normalized spacial score (nSPS) is 17.4. The summed E-state index contributed by atoms with van der Waals surface area (Å²) in [6.07, 6.45) is 0.